The first-order valence-electron chi connectivity index (χ1n) is 23.7. The largest absolute Gasteiger partial charge is 0.309 e. The number of hydrogen-bond donors (Lipinski definition) is 0. The van der Waals surface area contributed by atoms with Gasteiger partial charge in [-0.15, -0.1) is 11.3 Å². The standard InChI is InChI=1S/C57H35N5S/c1-3-17-36(18-4-1)55-58-56(60-57(59-55)46-27-16-31-50-53(46)45-24-9-13-30-49(45)61(50)38-19-5-2-6-20-38)37-33-34-41(43-25-15-26-44-42-23-10-14-32-52(42)63-54(43)44)51(35-37)62-47-28-11-7-21-39(47)40-22-8-12-29-48(40)62/h1-35H/i7D,8D,21D,22D,28D,29D. The molecule has 0 atom stereocenters. The highest BCUT2D eigenvalue weighted by molar-refractivity contribution is 7.26. The summed E-state index contributed by atoms with van der Waals surface area (Å²) in [4.78, 5) is 15.7. The Morgan fingerprint density at radius 2 is 1.02 bits per heavy atom. The van der Waals surface area contributed by atoms with Crippen molar-refractivity contribution in [1.82, 2.24) is 24.1 Å². The zero-order valence-corrected chi connectivity index (χ0v) is 34.2. The molecular weight excluding hydrogens is 787 g/mol. The average molecular weight is 828 g/mol. The van der Waals surface area contributed by atoms with Crippen LogP contribution in [0.3, 0.4) is 0 Å². The van der Waals surface area contributed by atoms with Gasteiger partial charge in [0.2, 0.25) is 0 Å². The van der Waals surface area contributed by atoms with E-state index in [2.05, 4.69) is 71.3 Å². The maximum Gasteiger partial charge on any atom is 0.164 e. The lowest BCUT2D eigenvalue weighted by atomic mass is 9.98. The van der Waals surface area contributed by atoms with Gasteiger partial charge in [0.25, 0.3) is 0 Å². The minimum absolute atomic E-state index is 0.0412. The summed E-state index contributed by atoms with van der Waals surface area (Å²) < 4.78 is 60.9. The second-order valence-electron chi connectivity index (χ2n) is 15.5. The van der Waals surface area contributed by atoms with Crippen LogP contribution in [0, 0.1) is 0 Å². The molecule has 0 fully saturated rings. The average Bonchev–Trinajstić information content (AvgIpc) is 4.07. The lowest BCUT2D eigenvalue weighted by Crippen LogP contribution is -2.02. The van der Waals surface area contributed by atoms with Crippen molar-refractivity contribution >= 4 is 75.1 Å². The fraction of sp³-hybridized carbons (Fsp3) is 0. The van der Waals surface area contributed by atoms with E-state index in [1.54, 1.807) is 15.9 Å². The van der Waals surface area contributed by atoms with E-state index in [9.17, 15) is 5.48 Å². The fourth-order valence-corrected chi connectivity index (χ4v) is 10.4. The van der Waals surface area contributed by atoms with Gasteiger partial charge < -0.3 is 9.13 Å². The van der Waals surface area contributed by atoms with E-state index in [4.69, 9.17) is 17.7 Å². The molecule has 0 unspecified atom stereocenters. The van der Waals surface area contributed by atoms with Crippen LogP contribution >= 0.6 is 11.3 Å². The van der Waals surface area contributed by atoms with E-state index in [0.29, 0.717) is 28.7 Å². The molecule has 6 heteroatoms. The minimum Gasteiger partial charge on any atom is -0.309 e. The number of benzene rings is 9. The Morgan fingerprint density at radius 3 is 1.81 bits per heavy atom. The summed E-state index contributed by atoms with van der Waals surface area (Å²) in [5.41, 5.74) is 8.12. The van der Waals surface area contributed by atoms with Gasteiger partial charge in [-0.2, -0.15) is 0 Å². The van der Waals surface area contributed by atoms with E-state index in [-0.39, 0.29) is 58.1 Å². The Morgan fingerprint density at radius 1 is 0.397 bits per heavy atom. The number of fused-ring (bicyclic) bond motifs is 9. The molecule has 0 aliphatic carbocycles. The number of thiophene rings is 1. The Kier molecular flexibility index (Phi) is 6.75. The van der Waals surface area contributed by atoms with Crippen molar-refractivity contribution in [3.05, 3.63) is 212 Å². The summed E-state index contributed by atoms with van der Waals surface area (Å²) in [6.07, 6.45) is 0. The summed E-state index contributed by atoms with van der Waals surface area (Å²) >= 11 is 1.69. The molecular formula is C57H35N5S. The lowest BCUT2D eigenvalue weighted by molar-refractivity contribution is 1.07. The van der Waals surface area contributed by atoms with Crippen molar-refractivity contribution < 1.29 is 8.22 Å². The predicted molar refractivity (Wildman–Crippen MR) is 263 cm³/mol. The van der Waals surface area contributed by atoms with Crippen LogP contribution in [0.2, 0.25) is 0 Å². The van der Waals surface area contributed by atoms with Crippen molar-refractivity contribution in [2.45, 2.75) is 0 Å². The van der Waals surface area contributed by atoms with E-state index in [1.165, 1.54) is 12.1 Å². The fourth-order valence-electron chi connectivity index (χ4n) is 9.20. The van der Waals surface area contributed by atoms with Gasteiger partial charge in [0.15, 0.2) is 17.5 Å². The molecule has 5 nitrogen and oxygen atoms in total. The minimum atomic E-state index is -0.176. The summed E-state index contributed by atoms with van der Waals surface area (Å²) in [5.74, 6) is 1.34. The van der Waals surface area contributed by atoms with Crippen molar-refractivity contribution in [1.29, 1.82) is 0 Å². The highest BCUT2D eigenvalue weighted by Crippen LogP contribution is 2.45. The van der Waals surface area contributed by atoms with E-state index < -0.39 is 0 Å². The first kappa shape index (κ1) is 29.9. The second-order valence-corrected chi connectivity index (χ2v) is 16.5. The van der Waals surface area contributed by atoms with Crippen LogP contribution < -0.4 is 0 Å². The maximum atomic E-state index is 9.42. The quantitative estimate of drug-likeness (QED) is 0.168. The Labute approximate surface area is 374 Å². The molecule has 0 amide bonds. The first-order valence-corrected chi connectivity index (χ1v) is 21.5. The second kappa shape index (κ2) is 14.2. The smallest absolute Gasteiger partial charge is 0.164 e. The molecule has 0 spiro atoms. The van der Waals surface area contributed by atoms with Gasteiger partial charge in [0, 0.05) is 75.2 Å². The number of hydrogen-bond acceptors (Lipinski definition) is 4. The third-order valence-corrected chi connectivity index (χ3v) is 13.2. The van der Waals surface area contributed by atoms with Crippen LogP contribution in [0.5, 0.6) is 0 Å². The number of rotatable bonds is 6. The molecule has 13 rings (SSSR count). The van der Waals surface area contributed by atoms with Crippen LogP contribution in [0.15, 0.2) is 212 Å². The predicted octanol–water partition coefficient (Wildman–Crippen LogP) is 15.1. The normalized spacial score (nSPS) is 13.1. The number of para-hydroxylation sites is 4. The van der Waals surface area contributed by atoms with Crippen LogP contribution in [0.1, 0.15) is 8.22 Å². The van der Waals surface area contributed by atoms with Crippen LogP contribution in [-0.2, 0) is 0 Å². The zero-order valence-electron chi connectivity index (χ0n) is 39.4. The lowest BCUT2D eigenvalue weighted by Gasteiger charge is -2.17. The van der Waals surface area contributed by atoms with Gasteiger partial charge in [0.05, 0.1) is 36.0 Å². The van der Waals surface area contributed by atoms with E-state index >= 15 is 0 Å². The summed E-state index contributed by atoms with van der Waals surface area (Å²) in [6, 6.07) is 57.1. The molecule has 9 aromatic carbocycles. The summed E-state index contributed by atoms with van der Waals surface area (Å²) in [7, 11) is 0. The van der Waals surface area contributed by atoms with E-state index in [0.717, 1.165) is 69.9 Å². The van der Waals surface area contributed by atoms with Gasteiger partial charge >= 0.3 is 0 Å². The highest BCUT2D eigenvalue weighted by Gasteiger charge is 2.23. The first-order chi connectivity index (χ1) is 33.7. The Bertz CT molecular complexity index is 4210. The molecule has 0 saturated heterocycles. The molecule has 0 radical (unpaired) electrons. The van der Waals surface area contributed by atoms with Crippen molar-refractivity contribution in [3.63, 3.8) is 0 Å². The summed E-state index contributed by atoms with van der Waals surface area (Å²) in [6.45, 7) is 0. The zero-order chi connectivity index (χ0) is 46.7. The van der Waals surface area contributed by atoms with E-state index in [1.807, 2.05) is 97.1 Å². The molecule has 0 aliphatic heterocycles. The molecule has 13 aromatic rings. The van der Waals surface area contributed by atoms with Gasteiger partial charge in [-0.1, -0.05) is 164 Å². The topological polar surface area (TPSA) is 48.5 Å². The monoisotopic (exact) mass is 827 g/mol. The van der Waals surface area contributed by atoms with Crippen molar-refractivity contribution in [3.8, 4) is 56.7 Å². The number of nitrogens with zero attached hydrogens (tertiary/aromatic N) is 5. The molecule has 294 valence electrons. The third kappa shape index (κ3) is 5.59. The van der Waals surface area contributed by atoms with Gasteiger partial charge in [-0.25, -0.2) is 15.0 Å². The van der Waals surface area contributed by atoms with Crippen LogP contribution in [-0.4, -0.2) is 24.1 Å². The molecule has 0 saturated carbocycles. The third-order valence-electron chi connectivity index (χ3n) is 11.9. The van der Waals surface area contributed by atoms with Crippen molar-refractivity contribution in [2.24, 2.45) is 0 Å². The SMILES string of the molecule is [2H]c1cc([2H])c2c(c1[2H])c1c([2H])c([2H])cc([2H])c1n2-c1cc(-c2nc(-c3ccccc3)nc(-c3cccc4c3c3ccccc3n4-c3ccccc3)n2)ccc1-c1cccc2c1sc1ccccc12. The molecule has 0 bridgehead atoms. The van der Waals surface area contributed by atoms with Gasteiger partial charge in [0.1, 0.15) is 0 Å². The molecule has 63 heavy (non-hydrogen) atoms. The molecule has 4 heterocycles. The van der Waals surface area contributed by atoms with Crippen LogP contribution in [0.25, 0.3) is 120 Å². The van der Waals surface area contributed by atoms with Crippen LogP contribution in [0.4, 0.5) is 0 Å². The molecule has 0 aliphatic rings. The summed E-state index contributed by atoms with van der Waals surface area (Å²) in [5, 5.41) is 4.64. The number of aromatic nitrogens is 5. The molecule has 4 aromatic heterocycles. The molecule has 0 N–H and O–H groups in total. The van der Waals surface area contributed by atoms with Gasteiger partial charge in [-0.05, 0) is 48.5 Å². The highest BCUT2D eigenvalue weighted by atomic mass is 32.1. The Hall–Kier alpha value is -8.19. The maximum absolute atomic E-state index is 9.42. The van der Waals surface area contributed by atoms with Gasteiger partial charge in [-0.3, -0.25) is 0 Å². The van der Waals surface area contributed by atoms with Crippen molar-refractivity contribution in [2.75, 3.05) is 0 Å². The Balaban J connectivity index is 1.13.